The van der Waals surface area contributed by atoms with Crippen LogP contribution in [0.1, 0.15) is 59.3 Å². The number of nitrogens with zero attached hydrogens (tertiary/aromatic N) is 1. The second kappa shape index (κ2) is 5.27. The van der Waals surface area contributed by atoms with Gasteiger partial charge in [0.2, 0.25) is 0 Å². The van der Waals surface area contributed by atoms with Crippen molar-refractivity contribution in [1.82, 2.24) is 4.90 Å². The first-order chi connectivity index (χ1) is 8.15. The largest absolute Gasteiger partial charge is 0.329 e. The molecule has 100 valence electrons. The third-order valence-electron chi connectivity index (χ3n) is 5.01. The van der Waals surface area contributed by atoms with Crippen LogP contribution in [-0.2, 0) is 0 Å². The molecule has 0 aromatic heterocycles. The molecule has 1 aliphatic carbocycles. The zero-order chi connectivity index (χ0) is 12.5. The van der Waals surface area contributed by atoms with E-state index in [0.29, 0.717) is 5.54 Å². The fourth-order valence-electron chi connectivity index (χ4n) is 4.06. The second-order valence-corrected chi connectivity index (χ2v) is 6.48. The summed E-state index contributed by atoms with van der Waals surface area (Å²) in [6, 6.07) is 0.783. The van der Waals surface area contributed by atoms with E-state index in [9.17, 15) is 0 Å². The molecule has 2 heteroatoms. The van der Waals surface area contributed by atoms with Crippen LogP contribution in [0.2, 0.25) is 0 Å². The molecular formula is C15H30N2. The predicted molar refractivity (Wildman–Crippen MR) is 74.0 cm³/mol. The Kier molecular flexibility index (Phi) is 4.14. The molecule has 17 heavy (non-hydrogen) atoms. The van der Waals surface area contributed by atoms with E-state index >= 15 is 0 Å². The lowest BCUT2D eigenvalue weighted by Crippen LogP contribution is -2.58. The van der Waals surface area contributed by atoms with Crippen molar-refractivity contribution in [2.75, 3.05) is 13.1 Å². The minimum atomic E-state index is 0.347. The Bertz CT molecular complexity index is 247. The van der Waals surface area contributed by atoms with Gasteiger partial charge in [0.15, 0.2) is 0 Å². The van der Waals surface area contributed by atoms with E-state index in [4.69, 9.17) is 5.73 Å². The van der Waals surface area contributed by atoms with Crippen LogP contribution in [0.25, 0.3) is 0 Å². The molecule has 0 radical (unpaired) electrons. The Labute approximate surface area is 107 Å². The monoisotopic (exact) mass is 238 g/mol. The first-order valence-corrected chi connectivity index (χ1v) is 7.62. The molecule has 0 aromatic carbocycles. The number of hydrogen-bond acceptors (Lipinski definition) is 2. The average molecular weight is 238 g/mol. The SMILES string of the molecule is CCCC(CN)(C1CC1)N1CCCC1C(C)C. The molecule has 0 spiro atoms. The van der Waals surface area contributed by atoms with Crippen LogP contribution in [0.3, 0.4) is 0 Å². The maximum Gasteiger partial charge on any atom is 0.0362 e. The molecule has 2 rings (SSSR count). The number of hydrogen-bond donors (Lipinski definition) is 1. The molecule has 1 heterocycles. The lowest BCUT2D eigenvalue weighted by molar-refractivity contribution is 0.0339. The van der Waals surface area contributed by atoms with Gasteiger partial charge in [-0.3, -0.25) is 4.90 Å². The van der Waals surface area contributed by atoms with Crippen molar-refractivity contribution in [1.29, 1.82) is 0 Å². The van der Waals surface area contributed by atoms with Gasteiger partial charge in [-0.25, -0.2) is 0 Å². The predicted octanol–water partition coefficient (Wildman–Crippen LogP) is 3.01. The van der Waals surface area contributed by atoms with Crippen molar-refractivity contribution in [2.24, 2.45) is 17.6 Å². The molecule has 0 bridgehead atoms. The number of nitrogens with two attached hydrogens (primary N) is 1. The van der Waals surface area contributed by atoms with Crippen LogP contribution in [0.4, 0.5) is 0 Å². The quantitative estimate of drug-likeness (QED) is 0.771. The summed E-state index contributed by atoms with van der Waals surface area (Å²) in [7, 11) is 0. The molecule has 0 amide bonds. The second-order valence-electron chi connectivity index (χ2n) is 6.48. The molecule has 2 N–H and O–H groups in total. The van der Waals surface area contributed by atoms with Gasteiger partial charge < -0.3 is 5.73 Å². The van der Waals surface area contributed by atoms with Gasteiger partial charge in [0.25, 0.3) is 0 Å². The fraction of sp³-hybridized carbons (Fsp3) is 1.00. The highest BCUT2D eigenvalue weighted by Gasteiger charge is 2.50. The first kappa shape index (κ1) is 13.4. The van der Waals surface area contributed by atoms with E-state index in [2.05, 4.69) is 25.7 Å². The van der Waals surface area contributed by atoms with E-state index in [0.717, 1.165) is 24.4 Å². The highest BCUT2D eigenvalue weighted by atomic mass is 15.3. The average Bonchev–Trinajstić information content (AvgIpc) is 3.03. The van der Waals surface area contributed by atoms with Crippen LogP contribution in [-0.4, -0.2) is 29.6 Å². The molecule has 2 fully saturated rings. The number of rotatable bonds is 6. The van der Waals surface area contributed by atoms with Crippen molar-refractivity contribution >= 4 is 0 Å². The van der Waals surface area contributed by atoms with E-state index in [1.54, 1.807) is 0 Å². The van der Waals surface area contributed by atoms with Crippen molar-refractivity contribution in [3.8, 4) is 0 Å². The normalized spacial score (nSPS) is 29.8. The van der Waals surface area contributed by atoms with Gasteiger partial charge in [0.05, 0.1) is 0 Å². The minimum absolute atomic E-state index is 0.347. The van der Waals surface area contributed by atoms with Crippen molar-refractivity contribution in [3.63, 3.8) is 0 Å². The standard InChI is InChI=1S/C15H30N2/c1-4-9-15(11-16,13-7-8-13)17-10-5-6-14(17)12(2)3/h12-14H,4-11,16H2,1-3H3. The van der Waals surface area contributed by atoms with Crippen molar-refractivity contribution < 1.29 is 0 Å². The fourth-order valence-corrected chi connectivity index (χ4v) is 4.06. The smallest absolute Gasteiger partial charge is 0.0362 e. The van der Waals surface area contributed by atoms with E-state index < -0.39 is 0 Å². The summed E-state index contributed by atoms with van der Waals surface area (Å²) in [5.74, 6) is 1.67. The summed E-state index contributed by atoms with van der Waals surface area (Å²) >= 11 is 0. The summed E-state index contributed by atoms with van der Waals surface area (Å²) in [6.45, 7) is 9.23. The van der Waals surface area contributed by atoms with Gasteiger partial charge in [-0.1, -0.05) is 27.2 Å². The maximum absolute atomic E-state index is 6.24. The number of likely N-dealkylation sites (tertiary alicyclic amines) is 1. The Hall–Kier alpha value is -0.0800. The molecule has 2 atom stereocenters. The van der Waals surface area contributed by atoms with Gasteiger partial charge in [-0.05, 0) is 50.5 Å². The van der Waals surface area contributed by atoms with Crippen LogP contribution < -0.4 is 5.73 Å². The molecule has 2 unspecified atom stereocenters. The van der Waals surface area contributed by atoms with Gasteiger partial charge >= 0.3 is 0 Å². The Balaban J connectivity index is 2.19. The van der Waals surface area contributed by atoms with Crippen molar-refractivity contribution in [3.05, 3.63) is 0 Å². The molecule has 0 aromatic rings. The lowest BCUT2D eigenvalue weighted by Gasteiger charge is -2.46. The van der Waals surface area contributed by atoms with Gasteiger partial charge in [-0.15, -0.1) is 0 Å². The minimum Gasteiger partial charge on any atom is -0.329 e. The van der Waals surface area contributed by atoms with Crippen LogP contribution in [0.15, 0.2) is 0 Å². The van der Waals surface area contributed by atoms with Crippen LogP contribution in [0.5, 0.6) is 0 Å². The Morgan fingerprint density at radius 2 is 2.00 bits per heavy atom. The van der Waals surface area contributed by atoms with Gasteiger partial charge in [0.1, 0.15) is 0 Å². The highest BCUT2D eigenvalue weighted by Crippen LogP contribution is 2.48. The van der Waals surface area contributed by atoms with Gasteiger partial charge in [0, 0.05) is 18.1 Å². The van der Waals surface area contributed by atoms with Gasteiger partial charge in [-0.2, -0.15) is 0 Å². The molecule has 1 saturated heterocycles. The summed E-state index contributed by atoms with van der Waals surface area (Å²) in [4.78, 5) is 2.82. The van der Waals surface area contributed by atoms with E-state index in [1.165, 1.54) is 45.1 Å². The first-order valence-electron chi connectivity index (χ1n) is 7.62. The summed E-state index contributed by atoms with van der Waals surface area (Å²) in [6.07, 6.45) is 8.17. The molecule has 2 aliphatic rings. The van der Waals surface area contributed by atoms with E-state index in [1.807, 2.05) is 0 Å². The zero-order valence-electron chi connectivity index (χ0n) is 11.9. The van der Waals surface area contributed by atoms with E-state index in [-0.39, 0.29) is 0 Å². The molecule has 1 saturated carbocycles. The van der Waals surface area contributed by atoms with Crippen LogP contribution >= 0.6 is 0 Å². The Morgan fingerprint density at radius 1 is 1.29 bits per heavy atom. The Morgan fingerprint density at radius 3 is 2.47 bits per heavy atom. The van der Waals surface area contributed by atoms with Crippen molar-refractivity contribution in [2.45, 2.75) is 70.9 Å². The highest BCUT2D eigenvalue weighted by molar-refractivity contribution is 5.06. The molecule has 2 nitrogen and oxygen atoms in total. The lowest BCUT2D eigenvalue weighted by atomic mass is 9.84. The topological polar surface area (TPSA) is 29.3 Å². The third-order valence-corrected chi connectivity index (χ3v) is 5.01. The maximum atomic E-state index is 6.24. The molecule has 1 aliphatic heterocycles. The molecular weight excluding hydrogens is 208 g/mol. The summed E-state index contributed by atoms with van der Waals surface area (Å²) in [5, 5.41) is 0. The summed E-state index contributed by atoms with van der Waals surface area (Å²) in [5.41, 5.74) is 6.58. The zero-order valence-corrected chi connectivity index (χ0v) is 11.9. The van der Waals surface area contributed by atoms with Crippen LogP contribution in [0, 0.1) is 11.8 Å². The summed E-state index contributed by atoms with van der Waals surface area (Å²) < 4.78 is 0. The third kappa shape index (κ3) is 2.39.